The first-order valence-corrected chi connectivity index (χ1v) is 9.60. The smallest absolute Gasteiger partial charge is 0.251 e. The first-order chi connectivity index (χ1) is 13.0. The molecule has 3 amide bonds. The van der Waals surface area contributed by atoms with Gasteiger partial charge in [0.05, 0.1) is 6.04 Å². The summed E-state index contributed by atoms with van der Waals surface area (Å²) in [5, 5.41) is 2.98. The summed E-state index contributed by atoms with van der Waals surface area (Å²) in [6, 6.07) is 7.02. The van der Waals surface area contributed by atoms with Crippen molar-refractivity contribution in [3.8, 4) is 0 Å². The van der Waals surface area contributed by atoms with Gasteiger partial charge in [-0.25, -0.2) is 0 Å². The molecule has 2 fully saturated rings. The minimum Gasteiger partial charge on any atom is -0.347 e. The lowest BCUT2D eigenvalue weighted by Gasteiger charge is -2.31. The van der Waals surface area contributed by atoms with E-state index in [0.29, 0.717) is 30.3 Å². The van der Waals surface area contributed by atoms with Crippen molar-refractivity contribution in [1.82, 2.24) is 10.2 Å². The van der Waals surface area contributed by atoms with E-state index in [2.05, 4.69) is 11.9 Å². The van der Waals surface area contributed by atoms with Crippen LogP contribution in [0.5, 0.6) is 0 Å². The molecular weight excluding hydrogens is 342 g/mol. The van der Waals surface area contributed by atoms with Gasteiger partial charge in [-0.1, -0.05) is 25.8 Å². The van der Waals surface area contributed by atoms with E-state index < -0.39 is 0 Å². The fraction of sp³-hybridized carbons (Fsp3) is 0.476. The molecule has 6 nitrogen and oxygen atoms in total. The first kappa shape index (κ1) is 19.1. The number of hydrogen-bond donors (Lipinski definition) is 1. The van der Waals surface area contributed by atoms with Crippen molar-refractivity contribution < 1.29 is 14.4 Å². The van der Waals surface area contributed by atoms with Crippen LogP contribution in [0.25, 0.3) is 0 Å². The van der Waals surface area contributed by atoms with Crippen LogP contribution in [0.4, 0.5) is 5.69 Å². The van der Waals surface area contributed by atoms with Gasteiger partial charge in [0, 0.05) is 37.3 Å². The Bertz CT molecular complexity index is 723. The summed E-state index contributed by atoms with van der Waals surface area (Å²) in [6.07, 6.45) is 7.38. The highest BCUT2D eigenvalue weighted by Crippen LogP contribution is 2.26. The lowest BCUT2D eigenvalue weighted by atomic mass is 9.94. The summed E-state index contributed by atoms with van der Waals surface area (Å²) in [6.45, 7) is 4.07. The summed E-state index contributed by atoms with van der Waals surface area (Å²) >= 11 is 0. The molecule has 0 spiro atoms. The highest BCUT2D eigenvalue weighted by atomic mass is 16.2. The minimum absolute atomic E-state index is 0.142. The van der Waals surface area contributed by atoms with E-state index in [0.717, 1.165) is 12.8 Å². The molecular formula is C21H27N3O3. The number of nitrogens with one attached hydrogen (secondary N) is 1. The van der Waals surface area contributed by atoms with Crippen LogP contribution >= 0.6 is 0 Å². The minimum atomic E-state index is -0.209. The molecule has 1 aliphatic heterocycles. The third-order valence-electron chi connectivity index (χ3n) is 5.53. The zero-order valence-corrected chi connectivity index (χ0v) is 15.8. The number of amides is 3. The van der Waals surface area contributed by atoms with Crippen LogP contribution < -0.4 is 10.2 Å². The molecule has 1 N–H and O–H groups in total. The van der Waals surface area contributed by atoms with E-state index in [1.54, 1.807) is 31.3 Å². The van der Waals surface area contributed by atoms with Crippen LogP contribution in [0.1, 0.15) is 48.9 Å². The molecule has 1 unspecified atom stereocenters. The van der Waals surface area contributed by atoms with Crippen LogP contribution in [0, 0.1) is 0 Å². The number of carbonyl (C=O) groups is 3. The Morgan fingerprint density at radius 2 is 1.85 bits per heavy atom. The Morgan fingerprint density at radius 1 is 1.19 bits per heavy atom. The third-order valence-corrected chi connectivity index (χ3v) is 5.53. The predicted molar refractivity (Wildman–Crippen MR) is 105 cm³/mol. The molecule has 1 saturated heterocycles. The normalized spacial score (nSPS) is 20.4. The zero-order chi connectivity index (χ0) is 19.4. The molecule has 27 heavy (non-hydrogen) atoms. The topological polar surface area (TPSA) is 69.7 Å². The van der Waals surface area contributed by atoms with Crippen molar-refractivity contribution in [3.63, 3.8) is 0 Å². The molecule has 6 heteroatoms. The van der Waals surface area contributed by atoms with E-state index in [-0.39, 0.29) is 23.8 Å². The fourth-order valence-electron chi connectivity index (χ4n) is 3.94. The Kier molecular flexibility index (Phi) is 5.94. The second-order valence-corrected chi connectivity index (χ2v) is 7.36. The van der Waals surface area contributed by atoms with Gasteiger partial charge in [-0.3, -0.25) is 14.4 Å². The van der Waals surface area contributed by atoms with Crippen LogP contribution in [0.15, 0.2) is 36.9 Å². The van der Waals surface area contributed by atoms with E-state index in [1.807, 2.05) is 4.90 Å². The number of carbonyl (C=O) groups excluding carboxylic acids is 3. The third kappa shape index (κ3) is 4.38. The molecule has 1 heterocycles. The monoisotopic (exact) mass is 369 g/mol. The fourth-order valence-corrected chi connectivity index (χ4v) is 3.94. The Morgan fingerprint density at radius 3 is 2.48 bits per heavy atom. The highest BCUT2D eigenvalue weighted by molar-refractivity contribution is 6.01. The summed E-state index contributed by atoms with van der Waals surface area (Å²) < 4.78 is 0. The predicted octanol–water partition coefficient (Wildman–Crippen LogP) is 2.50. The van der Waals surface area contributed by atoms with Gasteiger partial charge < -0.3 is 15.1 Å². The molecule has 1 aliphatic carbocycles. The maximum absolute atomic E-state index is 12.5. The SMILES string of the molecule is C=CC(=O)N(C)c1ccc(C(=O)NC2CC(=O)N(C3CCCCC3)C2)cc1. The van der Waals surface area contributed by atoms with E-state index in [9.17, 15) is 14.4 Å². The number of hydrogen-bond acceptors (Lipinski definition) is 3. The Labute approximate surface area is 160 Å². The van der Waals surface area contributed by atoms with Crippen molar-refractivity contribution in [1.29, 1.82) is 0 Å². The number of nitrogens with zero attached hydrogens (tertiary/aromatic N) is 2. The average Bonchev–Trinajstić information content (AvgIpc) is 3.07. The molecule has 0 aromatic heterocycles. The highest BCUT2D eigenvalue weighted by Gasteiger charge is 2.35. The largest absolute Gasteiger partial charge is 0.347 e. The zero-order valence-electron chi connectivity index (χ0n) is 15.8. The molecule has 144 valence electrons. The Hall–Kier alpha value is -2.63. The summed E-state index contributed by atoms with van der Waals surface area (Å²) in [7, 11) is 1.66. The maximum Gasteiger partial charge on any atom is 0.251 e. The molecule has 1 saturated carbocycles. The van der Waals surface area contributed by atoms with Gasteiger partial charge in [0.2, 0.25) is 11.8 Å². The summed E-state index contributed by atoms with van der Waals surface area (Å²) in [5.41, 5.74) is 1.21. The lowest BCUT2D eigenvalue weighted by Crippen LogP contribution is -2.41. The number of likely N-dealkylation sites (N-methyl/N-ethyl adjacent to an activating group) is 1. The number of likely N-dealkylation sites (tertiary alicyclic amines) is 1. The standard InChI is InChI=1S/C21H27N3O3/c1-3-19(25)23(2)17-11-9-15(10-12-17)21(27)22-16-13-20(26)24(14-16)18-7-5-4-6-8-18/h3,9-12,16,18H,1,4-8,13-14H2,2H3,(H,22,27). The second-order valence-electron chi connectivity index (χ2n) is 7.36. The first-order valence-electron chi connectivity index (χ1n) is 9.60. The van der Waals surface area contributed by atoms with Crippen LogP contribution in [-0.2, 0) is 9.59 Å². The van der Waals surface area contributed by atoms with Crippen molar-refractivity contribution in [2.45, 2.75) is 50.6 Å². The van der Waals surface area contributed by atoms with E-state index in [1.165, 1.54) is 30.2 Å². The van der Waals surface area contributed by atoms with Crippen LogP contribution in [0.3, 0.4) is 0 Å². The van der Waals surface area contributed by atoms with E-state index in [4.69, 9.17) is 0 Å². The number of benzene rings is 1. The van der Waals surface area contributed by atoms with Gasteiger partial charge >= 0.3 is 0 Å². The molecule has 0 radical (unpaired) electrons. The van der Waals surface area contributed by atoms with Crippen molar-refractivity contribution >= 4 is 23.4 Å². The molecule has 3 rings (SSSR count). The lowest BCUT2D eigenvalue weighted by molar-refractivity contribution is -0.130. The maximum atomic E-state index is 12.5. The molecule has 1 aromatic carbocycles. The van der Waals surface area contributed by atoms with Gasteiger partial charge in [-0.15, -0.1) is 0 Å². The van der Waals surface area contributed by atoms with Gasteiger partial charge in [-0.2, -0.15) is 0 Å². The Balaban J connectivity index is 1.58. The number of anilines is 1. The number of rotatable bonds is 5. The molecule has 2 aliphatic rings. The average molecular weight is 369 g/mol. The molecule has 1 aromatic rings. The molecule has 1 atom stereocenters. The summed E-state index contributed by atoms with van der Waals surface area (Å²) in [4.78, 5) is 39.9. The van der Waals surface area contributed by atoms with Crippen molar-refractivity contribution in [3.05, 3.63) is 42.5 Å². The van der Waals surface area contributed by atoms with Gasteiger partial charge in [0.25, 0.3) is 5.91 Å². The van der Waals surface area contributed by atoms with Gasteiger partial charge in [0.15, 0.2) is 0 Å². The van der Waals surface area contributed by atoms with Gasteiger partial charge in [0.1, 0.15) is 0 Å². The quantitative estimate of drug-likeness (QED) is 0.811. The van der Waals surface area contributed by atoms with E-state index >= 15 is 0 Å². The van der Waals surface area contributed by atoms with Gasteiger partial charge in [-0.05, 0) is 43.2 Å². The molecule has 0 bridgehead atoms. The van der Waals surface area contributed by atoms with Crippen LogP contribution in [0.2, 0.25) is 0 Å². The second kappa shape index (κ2) is 8.37. The van der Waals surface area contributed by atoms with Crippen molar-refractivity contribution in [2.24, 2.45) is 0 Å². The summed E-state index contributed by atoms with van der Waals surface area (Å²) in [5.74, 6) is -0.255. The van der Waals surface area contributed by atoms with Crippen molar-refractivity contribution in [2.75, 3.05) is 18.5 Å². The van der Waals surface area contributed by atoms with Crippen LogP contribution in [-0.4, -0.2) is 48.3 Å².